The fraction of sp³-hybridized carbons (Fsp3) is 0.233. The highest BCUT2D eigenvalue weighted by Crippen LogP contribution is 2.40. The molecule has 9 nitrogen and oxygen atoms in total. The van der Waals surface area contributed by atoms with Crippen LogP contribution in [0.1, 0.15) is 46.6 Å². The number of thioether (sulfide) groups is 1. The van der Waals surface area contributed by atoms with Gasteiger partial charge in [-0.3, -0.25) is 0 Å². The normalized spacial score (nSPS) is 17.5. The number of urea groups is 1. The summed E-state index contributed by atoms with van der Waals surface area (Å²) >= 11 is 3.40. The number of aliphatic hydroxyl groups is 1. The maximum atomic E-state index is 12.8. The van der Waals surface area contributed by atoms with Crippen LogP contribution in [0, 0.1) is 0 Å². The van der Waals surface area contributed by atoms with Crippen molar-refractivity contribution in [2.24, 2.45) is 0 Å². The number of hydrogen-bond donors (Lipinski definition) is 3. The molecule has 6 aromatic rings. The molecule has 1 saturated heterocycles. The number of rotatable bonds is 13. The highest BCUT2D eigenvalue weighted by atomic mass is 32.2. The molecule has 1 aliphatic heterocycles. The number of amides is 2. The summed E-state index contributed by atoms with van der Waals surface area (Å²) in [6, 6.07) is 40.4. The summed E-state index contributed by atoms with van der Waals surface area (Å²) in [6.07, 6.45) is 0.192. The average molecular weight is 760 g/mol. The second-order valence-corrected chi connectivity index (χ2v) is 15.3. The van der Waals surface area contributed by atoms with Crippen molar-refractivity contribution in [3.63, 3.8) is 0 Å². The molecule has 0 bridgehead atoms. The minimum Gasteiger partial charge on any atom is -0.467 e. The maximum Gasteiger partial charge on any atom is 0.328 e. The molecule has 5 aromatic carbocycles. The topological polar surface area (TPSA) is 119 Å². The molecular formula is C43H41N3O6S2. The second-order valence-electron chi connectivity index (χ2n) is 13.0. The van der Waals surface area contributed by atoms with Crippen LogP contribution in [0.4, 0.5) is 4.79 Å². The van der Waals surface area contributed by atoms with Gasteiger partial charge in [0.2, 0.25) is 0 Å². The average Bonchev–Trinajstić information content (AvgIpc) is 3.65. The number of para-hydroxylation sites is 1. The van der Waals surface area contributed by atoms with Gasteiger partial charge in [-0.25, -0.2) is 14.6 Å². The van der Waals surface area contributed by atoms with E-state index in [1.54, 1.807) is 23.1 Å². The van der Waals surface area contributed by atoms with E-state index in [1.165, 1.54) is 11.8 Å². The molecule has 3 N–H and O–H groups in total. The first-order chi connectivity index (χ1) is 26.4. The highest BCUT2D eigenvalue weighted by Gasteiger charge is 2.32. The summed E-state index contributed by atoms with van der Waals surface area (Å²) in [5.41, 5.74) is 7.65. The molecule has 0 saturated carbocycles. The summed E-state index contributed by atoms with van der Waals surface area (Å²) in [5.74, 6) is 0.229. The Morgan fingerprint density at radius 3 is 2.35 bits per heavy atom. The third-order valence-electron chi connectivity index (χ3n) is 9.25. The van der Waals surface area contributed by atoms with Gasteiger partial charge in [-0.1, -0.05) is 121 Å². The highest BCUT2D eigenvalue weighted by molar-refractivity contribution is 8.01. The molecule has 1 aliphatic rings. The number of benzene rings is 5. The number of esters is 1. The Hall–Kier alpha value is -5.04. The third kappa shape index (κ3) is 9.54. The molecule has 1 aromatic heterocycles. The number of hydrogen-bond acceptors (Lipinski definition) is 9. The molecule has 2 heterocycles. The SMILES string of the molecule is COC(=O)[C@H](Cc1ccccc1)NC(=O)NCc1cccc(-c2ccc([C@H]3O[C@@H](CSc4nc5ccccc5s4)C[C@@H](c4ccc(CO)cc4)O3)cc2)c1. The van der Waals surface area contributed by atoms with Crippen LogP contribution in [0.15, 0.2) is 132 Å². The van der Waals surface area contributed by atoms with E-state index in [0.29, 0.717) is 12.8 Å². The molecule has 0 spiro atoms. The molecule has 0 aliphatic carbocycles. The van der Waals surface area contributed by atoms with Gasteiger partial charge in [0.15, 0.2) is 10.6 Å². The quantitative estimate of drug-likeness (QED) is 0.0794. The van der Waals surface area contributed by atoms with Crippen molar-refractivity contribution in [1.82, 2.24) is 15.6 Å². The van der Waals surface area contributed by atoms with Crippen LogP contribution in [0.5, 0.6) is 0 Å². The van der Waals surface area contributed by atoms with Crippen LogP contribution in [-0.4, -0.2) is 47.1 Å². The summed E-state index contributed by atoms with van der Waals surface area (Å²) in [7, 11) is 1.31. The van der Waals surface area contributed by atoms with Gasteiger partial charge in [0, 0.05) is 30.7 Å². The van der Waals surface area contributed by atoms with Crippen LogP contribution in [0.25, 0.3) is 21.3 Å². The Morgan fingerprint density at radius 1 is 0.852 bits per heavy atom. The number of methoxy groups -OCH3 is 1. The van der Waals surface area contributed by atoms with Crippen molar-refractivity contribution < 1.29 is 28.9 Å². The van der Waals surface area contributed by atoms with Crippen molar-refractivity contribution in [3.05, 3.63) is 155 Å². The van der Waals surface area contributed by atoms with E-state index in [4.69, 9.17) is 19.2 Å². The van der Waals surface area contributed by atoms with E-state index in [1.807, 2.05) is 109 Å². The number of carbonyl (C=O) groups excluding carboxylic acids is 2. The molecule has 0 radical (unpaired) electrons. The molecule has 276 valence electrons. The van der Waals surface area contributed by atoms with Crippen molar-refractivity contribution in [3.8, 4) is 11.1 Å². The fourth-order valence-electron chi connectivity index (χ4n) is 6.37. The minimum atomic E-state index is -0.811. The van der Waals surface area contributed by atoms with Gasteiger partial charge >= 0.3 is 12.0 Å². The zero-order valence-electron chi connectivity index (χ0n) is 29.7. The first-order valence-corrected chi connectivity index (χ1v) is 19.6. The Morgan fingerprint density at radius 2 is 1.59 bits per heavy atom. The smallest absolute Gasteiger partial charge is 0.328 e. The fourth-order valence-corrected chi connectivity index (χ4v) is 8.48. The largest absolute Gasteiger partial charge is 0.467 e. The standard InChI is InChI=1S/C43H41N3O6S2/c1-50-40(48)37(23-28-8-3-2-4-9-28)45-42(49)44-25-30-10-7-11-34(22-30)31-18-20-33(21-19-31)41-51-35(24-38(52-41)32-16-14-29(26-47)15-17-32)27-53-43-46-36-12-5-6-13-39(36)54-43/h2-22,35,37-38,41,47H,23-27H2,1H3,(H2,44,45,49)/t35-,37+,38+,41+/m1/s1. The molecule has 11 heteroatoms. The Labute approximate surface area is 322 Å². The van der Waals surface area contributed by atoms with Crippen LogP contribution in [-0.2, 0) is 38.6 Å². The number of ether oxygens (including phenoxy) is 3. The van der Waals surface area contributed by atoms with Crippen LogP contribution < -0.4 is 10.6 Å². The molecule has 4 atom stereocenters. The lowest BCUT2D eigenvalue weighted by Crippen LogP contribution is -2.47. The Bertz CT molecular complexity index is 2130. The molecule has 7 rings (SSSR count). The van der Waals surface area contributed by atoms with Crippen molar-refractivity contribution >= 4 is 45.3 Å². The van der Waals surface area contributed by atoms with Gasteiger partial charge in [-0.2, -0.15) is 0 Å². The summed E-state index contributed by atoms with van der Waals surface area (Å²) in [5, 5.41) is 15.2. The number of fused-ring (bicyclic) bond motifs is 1. The van der Waals surface area contributed by atoms with Crippen LogP contribution in [0.2, 0.25) is 0 Å². The van der Waals surface area contributed by atoms with Crippen molar-refractivity contribution in [2.75, 3.05) is 12.9 Å². The Kier molecular flexibility index (Phi) is 12.3. The van der Waals surface area contributed by atoms with Crippen LogP contribution in [0.3, 0.4) is 0 Å². The number of nitrogens with zero attached hydrogens (tertiary/aromatic N) is 1. The van der Waals surface area contributed by atoms with Gasteiger partial charge in [-0.05, 0) is 51.6 Å². The third-order valence-corrected chi connectivity index (χ3v) is 11.6. The van der Waals surface area contributed by atoms with E-state index in [0.717, 1.165) is 54.6 Å². The summed E-state index contributed by atoms with van der Waals surface area (Å²) in [6.45, 7) is 0.268. The van der Waals surface area contributed by atoms with Gasteiger partial charge in [-0.15, -0.1) is 11.3 Å². The summed E-state index contributed by atoms with van der Waals surface area (Å²) < 4.78 is 20.3. The van der Waals surface area contributed by atoms with Gasteiger partial charge in [0.1, 0.15) is 6.04 Å². The Balaban J connectivity index is 1.00. The molecule has 1 fully saturated rings. The van der Waals surface area contributed by atoms with Crippen LogP contribution >= 0.6 is 23.1 Å². The monoisotopic (exact) mass is 759 g/mol. The lowest BCUT2D eigenvalue weighted by Gasteiger charge is -2.36. The number of aromatic nitrogens is 1. The van der Waals surface area contributed by atoms with E-state index in [9.17, 15) is 14.7 Å². The minimum absolute atomic E-state index is 0.00721. The zero-order valence-corrected chi connectivity index (χ0v) is 31.4. The molecule has 2 amide bonds. The predicted octanol–water partition coefficient (Wildman–Crippen LogP) is 8.38. The molecule has 0 unspecified atom stereocenters. The van der Waals surface area contributed by atoms with Gasteiger partial charge in [0.25, 0.3) is 0 Å². The first-order valence-electron chi connectivity index (χ1n) is 17.8. The number of nitrogens with one attached hydrogen (secondary N) is 2. The van der Waals surface area contributed by atoms with Crippen molar-refractivity contribution in [1.29, 1.82) is 0 Å². The zero-order chi connectivity index (χ0) is 37.3. The van der Waals surface area contributed by atoms with E-state index in [-0.39, 0.29) is 25.4 Å². The van der Waals surface area contributed by atoms with Gasteiger partial charge in [0.05, 0.1) is 36.1 Å². The van der Waals surface area contributed by atoms with E-state index in [2.05, 4.69) is 28.8 Å². The lowest BCUT2D eigenvalue weighted by molar-refractivity contribution is -0.245. The first kappa shape index (κ1) is 37.3. The number of carbonyl (C=O) groups is 2. The molecule has 54 heavy (non-hydrogen) atoms. The second kappa shape index (κ2) is 17.9. The lowest BCUT2D eigenvalue weighted by atomic mass is 9.99. The maximum absolute atomic E-state index is 12.8. The number of aliphatic hydroxyl groups excluding tert-OH is 1. The van der Waals surface area contributed by atoms with Gasteiger partial charge < -0.3 is 30.0 Å². The predicted molar refractivity (Wildman–Crippen MR) is 212 cm³/mol. The number of thiazole rings is 1. The van der Waals surface area contributed by atoms with E-state index < -0.39 is 24.3 Å². The van der Waals surface area contributed by atoms with E-state index >= 15 is 0 Å². The summed E-state index contributed by atoms with van der Waals surface area (Å²) in [4.78, 5) is 30.0. The molecular weight excluding hydrogens is 719 g/mol. The van der Waals surface area contributed by atoms with Crippen molar-refractivity contribution in [2.45, 2.75) is 54.9 Å².